The van der Waals surface area contributed by atoms with Crippen molar-refractivity contribution in [2.45, 2.75) is 12.3 Å². The summed E-state index contributed by atoms with van der Waals surface area (Å²) in [5.41, 5.74) is 2.35. The monoisotopic (exact) mass is 342 g/mol. The highest BCUT2D eigenvalue weighted by Crippen LogP contribution is 2.46. The topological polar surface area (TPSA) is 58.6 Å². The number of thioether (sulfide) groups is 1. The number of benzene rings is 2. The van der Waals surface area contributed by atoms with E-state index in [9.17, 15) is 9.59 Å². The van der Waals surface area contributed by atoms with Crippen molar-refractivity contribution in [2.24, 2.45) is 0 Å². The first-order valence-corrected chi connectivity index (χ1v) is 8.60. The summed E-state index contributed by atoms with van der Waals surface area (Å²) in [4.78, 5) is 25.7. The lowest BCUT2D eigenvalue weighted by Crippen LogP contribution is -2.28. The Bertz CT molecular complexity index is 778. The van der Waals surface area contributed by atoms with Gasteiger partial charge in [0.25, 0.3) is 0 Å². The molecule has 1 aliphatic rings. The zero-order valence-electron chi connectivity index (χ0n) is 13.5. The number of nitrogens with zero attached hydrogens (tertiary/aromatic N) is 1. The maximum atomic E-state index is 12.5. The van der Waals surface area contributed by atoms with Crippen LogP contribution in [0.2, 0.25) is 0 Å². The molecular weight excluding hydrogens is 324 g/mol. The van der Waals surface area contributed by atoms with Crippen LogP contribution in [0.4, 0.5) is 11.4 Å². The van der Waals surface area contributed by atoms with E-state index in [0.717, 1.165) is 16.9 Å². The SMILES string of the molecule is COc1ccccc1N1C(=O)CS[C@@H]1c1ccccc1NC(C)=O. The molecule has 124 valence electrons. The van der Waals surface area contributed by atoms with Crippen LogP contribution in [0.15, 0.2) is 48.5 Å². The number of rotatable bonds is 4. The molecule has 0 aromatic heterocycles. The molecule has 0 saturated carbocycles. The average molecular weight is 342 g/mol. The van der Waals surface area contributed by atoms with Crippen molar-refractivity contribution in [3.8, 4) is 5.75 Å². The number of anilines is 2. The molecule has 1 atom stereocenters. The Labute approximate surface area is 145 Å². The summed E-state index contributed by atoms with van der Waals surface area (Å²) < 4.78 is 5.41. The van der Waals surface area contributed by atoms with Gasteiger partial charge in [-0.05, 0) is 18.2 Å². The molecule has 24 heavy (non-hydrogen) atoms. The summed E-state index contributed by atoms with van der Waals surface area (Å²) in [6.07, 6.45) is 0. The molecule has 1 saturated heterocycles. The van der Waals surface area contributed by atoms with Gasteiger partial charge in [-0.1, -0.05) is 30.3 Å². The summed E-state index contributed by atoms with van der Waals surface area (Å²) >= 11 is 1.54. The molecule has 6 heteroatoms. The predicted octanol–water partition coefficient (Wildman–Crippen LogP) is 3.43. The van der Waals surface area contributed by atoms with Gasteiger partial charge >= 0.3 is 0 Å². The molecule has 2 aromatic carbocycles. The summed E-state index contributed by atoms with van der Waals surface area (Å²) in [5.74, 6) is 0.917. The molecule has 3 rings (SSSR count). The van der Waals surface area contributed by atoms with Crippen LogP contribution in [0, 0.1) is 0 Å². The first kappa shape index (κ1) is 16.4. The van der Waals surface area contributed by atoms with Crippen molar-refractivity contribution in [1.29, 1.82) is 0 Å². The second-order valence-electron chi connectivity index (χ2n) is 5.37. The van der Waals surface area contributed by atoms with Crippen LogP contribution >= 0.6 is 11.8 Å². The fourth-order valence-corrected chi connectivity index (χ4v) is 3.96. The van der Waals surface area contributed by atoms with Gasteiger partial charge in [0.1, 0.15) is 11.1 Å². The Morgan fingerprint density at radius 3 is 2.67 bits per heavy atom. The van der Waals surface area contributed by atoms with Crippen LogP contribution < -0.4 is 15.0 Å². The number of para-hydroxylation sites is 3. The molecule has 0 bridgehead atoms. The van der Waals surface area contributed by atoms with Gasteiger partial charge in [0.15, 0.2) is 0 Å². The van der Waals surface area contributed by atoms with Gasteiger partial charge in [-0.25, -0.2) is 0 Å². The van der Waals surface area contributed by atoms with E-state index in [-0.39, 0.29) is 17.2 Å². The van der Waals surface area contributed by atoms with Gasteiger partial charge in [0.05, 0.1) is 18.6 Å². The number of nitrogens with one attached hydrogen (secondary N) is 1. The first-order chi connectivity index (χ1) is 11.6. The lowest BCUT2D eigenvalue weighted by Gasteiger charge is -2.27. The van der Waals surface area contributed by atoms with Gasteiger partial charge in [-0.2, -0.15) is 0 Å². The van der Waals surface area contributed by atoms with E-state index < -0.39 is 0 Å². The molecule has 5 nitrogen and oxygen atoms in total. The number of carbonyl (C=O) groups is 2. The van der Waals surface area contributed by atoms with Crippen LogP contribution in [-0.4, -0.2) is 24.7 Å². The summed E-state index contributed by atoms with van der Waals surface area (Å²) in [7, 11) is 1.59. The molecule has 2 aromatic rings. The molecule has 0 unspecified atom stereocenters. The lowest BCUT2D eigenvalue weighted by atomic mass is 10.1. The fourth-order valence-electron chi connectivity index (χ4n) is 2.76. The number of hydrogen-bond donors (Lipinski definition) is 1. The summed E-state index contributed by atoms with van der Waals surface area (Å²) in [6.45, 7) is 1.47. The zero-order valence-corrected chi connectivity index (χ0v) is 14.3. The molecule has 1 aliphatic heterocycles. The zero-order chi connectivity index (χ0) is 17.1. The second kappa shape index (κ2) is 6.97. The summed E-state index contributed by atoms with van der Waals surface area (Å²) in [6, 6.07) is 15.0. The minimum atomic E-state index is -0.211. The molecule has 1 fully saturated rings. The Morgan fingerprint density at radius 1 is 1.21 bits per heavy atom. The minimum Gasteiger partial charge on any atom is -0.495 e. The van der Waals surface area contributed by atoms with Crippen molar-refractivity contribution in [2.75, 3.05) is 23.1 Å². The van der Waals surface area contributed by atoms with E-state index in [1.165, 1.54) is 18.7 Å². The molecule has 0 radical (unpaired) electrons. The van der Waals surface area contributed by atoms with Gasteiger partial charge in [-0.15, -0.1) is 11.8 Å². The van der Waals surface area contributed by atoms with Crippen molar-refractivity contribution >= 4 is 35.0 Å². The van der Waals surface area contributed by atoms with E-state index in [1.807, 2.05) is 48.5 Å². The van der Waals surface area contributed by atoms with E-state index in [1.54, 1.807) is 12.0 Å². The molecular formula is C18H18N2O3S. The standard InChI is InChI=1S/C18H18N2O3S/c1-12(21)19-14-8-4-3-7-13(14)18-20(17(22)11-24-18)15-9-5-6-10-16(15)23-2/h3-10,18H,11H2,1-2H3,(H,19,21)/t18-/m1/s1. The lowest BCUT2D eigenvalue weighted by molar-refractivity contribution is -0.116. The van der Waals surface area contributed by atoms with Crippen molar-refractivity contribution in [3.05, 3.63) is 54.1 Å². The highest BCUT2D eigenvalue weighted by molar-refractivity contribution is 8.00. The molecule has 2 amide bonds. The van der Waals surface area contributed by atoms with Gasteiger partial charge in [0, 0.05) is 18.2 Å². The van der Waals surface area contributed by atoms with Crippen LogP contribution in [0.5, 0.6) is 5.75 Å². The van der Waals surface area contributed by atoms with Crippen LogP contribution in [0.1, 0.15) is 17.9 Å². The molecule has 1 heterocycles. The number of ether oxygens (including phenoxy) is 1. The Kier molecular flexibility index (Phi) is 4.76. The molecule has 1 N–H and O–H groups in total. The fraction of sp³-hybridized carbons (Fsp3) is 0.222. The van der Waals surface area contributed by atoms with Crippen molar-refractivity contribution in [3.63, 3.8) is 0 Å². The normalized spacial score (nSPS) is 17.0. The van der Waals surface area contributed by atoms with Crippen LogP contribution in [0.3, 0.4) is 0 Å². The Balaban J connectivity index is 2.05. The smallest absolute Gasteiger partial charge is 0.238 e. The van der Waals surface area contributed by atoms with Crippen molar-refractivity contribution < 1.29 is 14.3 Å². The molecule has 0 aliphatic carbocycles. The maximum Gasteiger partial charge on any atom is 0.238 e. The minimum absolute atomic E-state index is 0.0205. The average Bonchev–Trinajstić information content (AvgIpc) is 2.96. The maximum absolute atomic E-state index is 12.5. The van der Waals surface area contributed by atoms with Crippen LogP contribution in [-0.2, 0) is 9.59 Å². The second-order valence-corrected chi connectivity index (χ2v) is 6.44. The number of amides is 2. The summed E-state index contributed by atoms with van der Waals surface area (Å²) in [5, 5.41) is 2.63. The largest absolute Gasteiger partial charge is 0.495 e. The quantitative estimate of drug-likeness (QED) is 0.925. The third kappa shape index (κ3) is 3.10. The van der Waals surface area contributed by atoms with E-state index in [0.29, 0.717) is 11.5 Å². The van der Waals surface area contributed by atoms with Crippen LogP contribution in [0.25, 0.3) is 0 Å². The van der Waals surface area contributed by atoms with Crippen molar-refractivity contribution in [1.82, 2.24) is 0 Å². The predicted molar refractivity (Wildman–Crippen MR) is 96.4 cm³/mol. The van der Waals surface area contributed by atoms with E-state index in [4.69, 9.17) is 4.74 Å². The van der Waals surface area contributed by atoms with E-state index in [2.05, 4.69) is 5.32 Å². The highest BCUT2D eigenvalue weighted by atomic mass is 32.2. The number of methoxy groups -OCH3 is 1. The number of carbonyl (C=O) groups excluding carboxylic acids is 2. The third-order valence-electron chi connectivity index (χ3n) is 3.75. The Morgan fingerprint density at radius 2 is 1.92 bits per heavy atom. The number of hydrogen-bond acceptors (Lipinski definition) is 4. The molecule has 0 spiro atoms. The first-order valence-electron chi connectivity index (χ1n) is 7.55. The van der Waals surface area contributed by atoms with Gasteiger partial charge in [-0.3, -0.25) is 14.5 Å². The third-order valence-corrected chi connectivity index (χ3v) is 4.94. The highest BCUT2D eigenvalue weighted by Gasteiger charge is 2.36. The van der Waals surface area contributed by atoms with E-state index >= 15 is 0 Å². The Hall–Kier alpha value is -2.47. The van der Waals surface area contributed by atoms with Gasteiger partial charge in [0.2, 0.25) is 11.8 Å². The van der Waals surface area contributed by atoms with Gasteiger partial charge < -0.3 is 10.1 Å².